The van der Waals surface area contributed by atoms with E-state index in [-0.39, 0.29) is 0 Å². The van der Waals surface area contributed by atoms with Gasteiger partial charge in [0.05, 0.1) is 5.69 Å². The Labute approximate surface area is 100 Å². The minimum atomic E-state index is 0.678. The monoisotopic (exact) mass is 232 g/mol. The molecule has 2 rings (SSSR count). The summed E-state index contributed by atoms with van der Waals surface area (Å²) in [7, 11) is 0. The predicted octanol–water partition coefficient (Wildman–Crippen LogP) is 3.13. The number of benzene rings is 1. The summed E-state index contributed by atoms with van der Waals surface area (Å²) in [5, 5.41) is 0.678. The van der Waals surface area contributed by atoms with Crippen molar-refractivity contribution in [2.45, 2.75) is 26.7 Å². The fourth-order valence-corrected chi connectivity index (χ4v) is 2.65. The van der Waals surface area contributed by atoms with Gasteiger partial charge in [-0.1, -0.05) is 24.3 Å². The highest BCUT2D eigenvalue weighted by Gasteiger charge is 2.06. The third-order valence-electron chi connectivity index (χ3n) is 2.79. The molecule has 0 aliphatic heterocycles. The van der Waals surface area contributed by atoms with E-state index in [0.717, 1.165) is 18.5 Å². The number of hydrogen-bond donors (Lipinski definition) is 1. The second-order valence-corrected chi connectivity index (χ2v) is 5.10. The number of rotatable bonds is 3. The van der Waals surface area contributed by atoms with Crippen LogP contribution in [-0.2, 0) is 12.8 Å². The van der Waals surface area contributed by atoms with Crippen LogP contribution in [0.25, 0.3) is 0 Å². The van der Waals surface area contributed by atoms with Crippen LogP contribution in [0.4, 0.5) is 5.13 Å². The fourth-order valence-electron chi connectivity index (χ4n) is 1.82. The Hall–Kier alpha value is -1.35. The van der Waals surface area contributed by atoms with Gasteiger partial charge in [-0.25, -0.2) is 4.98 Å². The van der Waals surface area contributed by atoms with Crippen molar-refractivity contribution in [3.8, 4) is 0 Å². The summed E-state index contributed by atoms with van der Waals surface area (Å²) in [5.74, 6) is 0. The van der Waals surface area contributed by atoms with Crippen LogP contribution in [0.1, 0.15) is 21.7 Å². The Morgan fingerprint density at radius 1 is 1.19 bits per heavy atom. The van der Waals surface area contributed by atoms with Gasteiger partial charge in [-0.05, 0) is 37.8 Å². The van der Waals surface area contributed by atoms with E-state index >= 15 is 0 Å². The highest BCUT2D eigenvalue weighted by atomic mass is 32.1. The summed E-state index contributed by atoms with van der Waals surface area (Å²) in [5.41, 5.74) is 9.54. The minimum absolute atomic E-state index is 0.678. The lowest BCUT2D eigenvalue weighted by atomic mass is 10.0. The number of hydrogen-bond acceptors (Lipinski definition) is 3. The molecule has 0 saturated carbocycles. The minimum Gasteiger partial charge on any atom is -0.375 e. The van der Waals surface area contributed by atoms with E-state index < -0.39 is 0 Å². The normalized spacial score (nSPS) is 10.6. The van der Waals surface area contributed by atoms with Crippen LogP contribution in [0, 0.1) is 13.8 Å². The molecule has 1 aromatic heterocycles. The fraction of sp³-hybridized carbons (Fsp3) is 0.308. The molecule has 3 heteroatoms. The van der Waals surface area contributed by atoms with Gasteiger partial charge >= 0.3 is 0 Å². The Kier molecular flexibility index (Phi) is 3.25. The molecule has 16 heavy (non-hydrogen) atoms. The lowest BCUT2D eigenvalue weighted by Crippen LogP contribution is -1.93. The van der Waals surface area contributed by atoms with Gasteiger partial charge in [-0.2, -0.15) is 0 Å². The highest BCUT2D eigenvalue weighted by molar-refractivity contribution is 7.15. The summed E-state index contributed by atoms with van der Waals surface area (Å²) in [6, 6.07) is 8.52. The maximum atomic E-state index is 5.69. The molecule has 0 aliphatic rings. The lowest BCUT2D eigenvalue weighted by Gasteiger charge is -2.04. The molecule has 0 unspecified atom stereocenters. The summed E-state index contributed by atoms with van der Waals surface area (Å²) in [4.78, 5) is 5.55. The molecule has 0 atom stereocenters. The molecule has 0 bridgehead atoms. The molecule has 0 saturated heterocycles. The molecule has 2 nitrogen and oxygen atoms in total. The van der Waals surface area contributed by atoms with Crippen LogP contribution < -0.4 is 5.73 Å². The van der Waals surface area contributed by atoms with Crippen LogP contribution in [-0.4, -0.2) is 4.98 Å². The average molecular weight is 232 g/mol. The topological polar surface area (TPSA) is 38.9 Å². The van der Waals surface area contributed by atoms with Crippen molar-refractivity contribution in [3.63, 3.8) is 0 Å². The zero-order chi connectivity index (χ0) is 11.5. The van der Waals surface area contributed by atoms with Crippen LogP contribution in [0.3, 0.4) is 0 Å². The number of anilines is 1. The number of thiazole rings is 1. The van der Waals surface area contributed by atoms with Gasteiger partial charge in [0, 0.05) is 4.88 Å². The van der Waals surface area contributed by atoms with Gasteiger partial charge in [0.2, 0.25) is 0 Å². The molecule has 84 valence electrons. The van der Waals surface area contributed by atoms with Crippen molar-refractivity contribution in [2.75, 3.05) is 5.73 Å². The van der Waals surface area contributed by atoms with Gasteiger partial charge in [-0.3, -0.25) is 0 Å². The Morgan fingerprint density at radius 2 is 1.94 bits per heavy atom. The standard InChI is InChI=1S/C13H16N2S/c1-9-5-3-4-6-11(9)7-8-12-10(2)15-13(14)16-12/h3-6H,7-8H2,1-2H3,(H2,14,15). The third-order valence-corrected chi connectivity index (χ3v) is 3.84. The van der Waals surface area contributed by atoms with E-state index in [4.69, 9.17) is 5.73 Å². The first-order valence-corrected chi connectivity index (χ1v) is 6.25. The number of aromatic nitrogens is 1. The second-order valence-electron chi connectivity index (χ2n) is 3.99. The quantitative estimate of drug-likeness (QED) is 0.883. The molecule has 0 radical (unpaired) electrons. The van der Waals surface area contributed by atoms with Gasteiger partial charge in [-0.15, -0.1) is 11.3 Å². The summed E-state index contributed by atoms with van der Waals surface area (Å²) >= 11 is 1.61. The van der Waals surface area contributed by atoms with Crippen LogP contribution in [0.15, 0.2) is 24.3 Å². The zero-order valence-electron chi connectivity index (χ0n) is 9.66. The molecule has 2 aromatic rings. The highest BCUT2D eigenvalue weighted by Crippen LogP contribution is 2.22. The molecule has 2 N–H and O–H groups in total. The number of nitrogens with zero attached hydrogens (tertiary/aromatic N) is 1. The SMILES string of the molecule is Cc1ccccc1CCc1sc(N)nc1C. The predicted molar refractivity (Wildman–Crippen MR) is 69.9 cm³/mol. The summed E-state index contributed by atoms with van der Waals surface area (Å²) < 4.78 is 0. The smallest absolute Gasteiger partial charge is 0.180 e. The number of nitrogens with two attached hydrogens (primary N) is 1. The molecule has 0 spiro atoms. The molecule has 1 heterocycles. The first-order valence-electron chi connectivity index (χ1n) is 5.43. The van der Waals surface area contributed by atoms with Gasteiger partial charge in [0.15, 0.2) is 5.13 Å². The van der Waals surface area contributed by atoms with E-state index in [1.807, 2.05) is 6.92 Å². The maximum absolute atomic E-state index is 5.69. The van der Waals surface area contributed by atoms with Crippen molar-refractivity contribution in [1.82, 2.24) is 4.98 Å². The molecule has 1 aromatic carbocycles. The van der Waals surface area contributed by atoms with E-state index in [9.17, 15) is 0 Å². The van der Waals surface area contributed by atoms with E-state index in [1.54, 1.807) is 11.3 Å². The molecule has 0 aliphatic carbocycles. The third kappa shape index (κ3) is 2.42. The summed E-state index contributed by atoms with van der Waals surface area (Å²) in [6.07, 6.45) is 2.10. The van der Waals surface area contributed by atoms with Crippen molar-refractivity contribution in [2.24, 2.45) is 0 Å². The summed E-state index contributed by atoms with van der Waals surface area (Å²) in [6.45, 7) is 4.18. The van der Waals surface area contributed by atoms with Crippen molar-refractivity contribution >= 4 is 16.5 Å². The van der Waals surface area contributed by atoms with Crippen molar-refractivity contribution in [1.29, 1.82) is 0 Å². The Bertz CT molecular complexity index is 488. The average Bonchev–Trinajstić information content (AvgIpc) is 2.56. The van der Waals surface area contributed by atoms with Gasteiger partial charge in [0.1, 0.15) is 0 Å². The van der Waals surface area contributed by atoms with E-state index in [0.29, 0.717) is 5.13 Å². The second kappa shape index (κ2) is 4.66. The zero-order valence-corrected chi connectivity index (χ0v) is 10.5. The number of nitrogen functional groups attached to an aromatic ring is 1. The molecular formula is C13H16N2S. The van der Waals surface area contributed by atoms with Gasteiger partial charge in [0.25, 0.3) is 0 Å². The van der Waals surface area contributed by atoms with Crippen LogP contribution >= 0.6 is 11.3 Å². The largest absolute Gasteiger partial charge is 0.375 e. The lowest BCUT2D eigenvalue weighted by molar-refractivity contribution is 0.952. The molecular weight excluding hydrogens is 216 g/mol. The van der Waals surface area contributed by atoms with Crippen LogP contribution in [0.2, 0.25) is 0 Å². The molecule has 0 fully saturated rings. The first-order chi connectivity index (χ1) is 7.66. The number of aryl methyl sites for hydroxylation is 4. The Morgan fingerprint density at radius 3 is 2.56 bits per heavy atom. The first kappa shape index (κ1) is 11.1. The van der Waals surface area contributed by atoms with Crippen molar-refractivity contribution < 1.29 is 0 Å². The van der Waals surface area contributed by atoms with E-state index in [1.165, 1.54) is 16.0 Å². The van der Waals surface area contributed by atoms with Crippen molar-refractivity contribution in [3.05, 3.63) is 46.0 Å². The van der Waals surface area contributed by atoms with E-state index in [2.05, 4.69) is 36.2 Å². The maximum Gasteiger partial charge on any atom is 0.180 e. The Balaban J connectivity index is 2.08. The molecule has 0 amide bonds. The van der Waals surface area contributed by atoms with Gasteiger partial charge < -0.3 is 5.73 Å². The van der Waals surface area contributed by atoms with Crippen LogP contribution in [0.5, 0.6) is 0 Å².